The number of amides is 3. The quantitative estimate of drug-likeness (QED) is 0.630. The Morgan fingerprint density at radius 2 is 1.67 bits per heavy atom. The molecule has 2 aliphatic rings. The molecule has 27 heavy (non-hydrogen) atoms. The smallest absolute Gasteiger partial charge is 0.329 e. The first kappa shape index (κ1) is 19.1. The first-order valence-electron chi connectivity index (χ1n) is 9.31. The van der Waals surface area contributed by atoms with Crippen LogP contribution in [0.25, 0.3) is 0 Å². The van der Waals surface area contributed by atoms with Gasteiger partial charge in [0, 0.05) is 6.04 Å². The lowest BCUT2D eigenvalue weighted by atomic mass is 9.87. The summed E-state index contributed by atoms with van der Waals surface area (Å²) in [6.45, 7) is 3.20. The molecule has 1 unspecified atom stereocenters. The van der Waals surface area contributed by atoms with Crippen molar-refractivity contribution < 1.29 is 23.9 Å². The van der Waals surface area contributed by atoms with Crippen LogP contribution in [0.4, 0.5) is 0 Å². The number of carbonyl (C=O) groups excluding carboxylic acids is 4. The average Bonchev–Trinajstić information content (AvgIpc) is 2.92. The molecule has 0 saturated heterocycles. The minimum atomic E-state index is -1.10. The molecule has 0 bridgehead atoms. The standard InChI is InChI=1S/C20H24N2O5/c1-12-7-9-14(10-8-12)21-17(23)11-27-20(26)13(2)22-18(24)15-5-3-4-6-16(15)19(22)25/h3-6,12-14H,7-11H2,1-2H3,(H,21,23). The van der Waals surface area contributed by atoms with Crippen LogP contribution < -0.4 is 5.32 Å². The third-order valence-electron chi connectivity index (χ3n) is 5.28. The second-order valence-electron chi connectivity index (χ2n) is 7.33. The van der Waals surface area contributed by atoms with Crippen LogP contribution in [0.5, 0.6) is 0 Å². The number of fused-ring (bicyclic) bond motifs is 1. The maximum absolute atomic E-state index is 12.4. The summed E-state index contributed by atoms with van der Waals surface area (Å²) >= 11 is 0. The van der Waals surface area contributed by atoms with Crippen molar-refractivity contribution in [3.05, 3.63) is 35.4 Å². The van der Waals surface area contributed by atoms with Gasteiger partial charge in [0.1, 0.15) is 6.04 Å². The summed E-state index contributed by atoms with van der Waals surface area (Å²) in [7, 11) is 0. The molecule has 0 radical (unpaired) electrons. The van der Waals surface area contributed by atoms with Gasteiger partial charge in [-0.05, 0) is 50.7 Å². The van der Waals surface area contributed by atoms with E-state index in [2.05, 4.69) is 12.2 Å². The van der Waals surface area contributed by atoms with Gasteiger partial charge in [-0.1, -0.05) is 19.1 Å². The summed E-state index contributed by atoms with van der Waals surface area (Å²) in [4.78, 5) is 50.0. The summed E-state index contributed by atoms with van der Waals surface area (Å²) in [6, 6.07) is 5.43. The van der Waals surface area contributed by atoms with E-state index in [4.69, 9.17) is 4.74 Å². The Balaban J connectivity index is 1.52. The molecule has 1 N–H and O–H groups in total. The third-order valence-corrected chi connectivity index (χ3v) is 5.28. The van der Waals surface area contributed by atoms with Crippen LogP contribution in [0.3, 0.4) is 0 Å². The normalized spacial score (nSPS) is 23.0. The molecule has 144 valence electrons. The molecule has 0 aromatic heterocycles. The highest BCUT2D eigenvalue weighted by molar-refractivity contribution is 6.22. The number of hydrogen-bond acceptors (Lipinski definition) is 5. The zero-order valence-electron chi connectivity index (χ0n) is 15.6. The number of esters is 1. The van der Waals surface area contributed by atoms with E-state index in [-0.39, 0.29) is 23.1 Å². The summed E-state index contributed by atoms with van der Waals surface area (Å²) in [5.41, 5.74) is 0.540. The van der Waals surface area contributed by atoms with Gasteiger partial charge >= 0.3 is 5.97 Å². The number of nitrogens with one attached hydrogen (secondary N) is 1. The first-order chi connectivity index (χ1) is 12.9. The largest absolute Gasteiger partial charge is 0.454 e. The highest BCUT2D eigenvalue weighted by atomic mass is 16.5. The molecule has 1 aromatic carbocycles. The van der Waals surface area contributed by atoms with Gasteiger partial charge in [-0.25, -0.2) is 4.79 Å². The van der Waals surface area contributed by atoms with Gasteiger partial charge in [0.25, 0.3) is 17.7 Å². The van der Waals surface area contributed by atoms with Crippen molar-refractivity contribution in [1.29, 1.82) is 0 Å². The Labute approximate surface area is 158 Å². The van der Waals surface area contributed by atoms with E-state index in [9.17, 15) is 19.2 Å². The van der Waals surface area contributed by atoms with Crippen LogP contribution >= 0.6 is 0 Å². The lowest BCUT2D eigenvalue weighted by Crippen LogP contribution is -2.45. The molecule has 7 heteroatoms. The second kappa shape index (κ2) is 7.90. The minimum absolute atomic E-state index is 0.112. The Bertz CT molecular complexity index is 732. The summed E-state index contributed by atoms with van der Waals surface area (Å²) in [5.74, 6) is -1.52. The maximum Gasteiger partial charge on any atom is 0.329 e. The van der Waals surface area contributed by atoms with Crippen LogP contribution in [0.1, 0.15) is 60.2 Å². The van der Waals surface area contributed by atoms with E-state index in [1.54, 1.807) is 24.3 Å². The van der Waals surface area contributed by atoms with Gasteiger partial charge in [-0.15, -0.1) is 0 Å². The lowest BCUT2D eigenvalue weighted by molar-refractivity contribution is -0.152. The predicted octanol–water partition coefficient (Wildman–Crippen LogP) is 1.91. The fraction of sp³-hybridized carbons (Fsp3) is 0.500. The number of carbonyl (C=O) groups is 4. The Kier molecular flexibility index (Phi) is 5.58. The predicted molar refractivity (Wildman–Crippen MR) is 96.9 cm³/mol. The molecule has 3 amide bonds. The van der Waals surface area contributed by atoms with Crippen molar-refractivity contribution in [2.75, 3.05) is 6.61 Å². The molecule has 1 fully saturated rings. The van der Waals surface area contributed by atoms with E-state index in [0.29, 0.717) is 5.92 Å². The summed E-state index contributed by atoms with van der Waals surface area (Å²) < 4.78 is 5.04. The SMILES string of the molecule is CC1CCC(NC(=O)COC(=O)C(C)N2C(=O)c3ccccc3C2=O)CC1. The number of imide groups is 1. The van der Waals surface area contributed by atoms with E-state index in [1.807, 2.05) is 0 Å². The zero-order valence-corrected chi connectivity index (χ0v) is 15.6. The van der Waals surface area contributed by atoms with Crippen molar-refractivity contribution >= 4 is 23.7 Å². The average molecular weight is 372 g/mol. The van der Waals surface area contributed by atoms with Crippen LogP contribution in [0, 0.1) is 5.92 Å². The van der Waals surface area contributed by atoms with Crippen LogP contribution in [0.15, 0.2) is 24.3 Å². The number of ether oxygens (including phenoxy) is 1. The number of benzene rings is 1. The van der Waals surface area contributed by atoms with Gasteiger partial charge in [0.2, 0.25) is 0 Å². The minimum Gasteiger partial charge on any atom is -0.454 e. The van der Waals surface area contributed by atoms with E-state index >= 15 is 0 Å². The molecule has 1 aliphatic carbocycles. The van der Waals surface area contributed by atoms with Crippen molar-refractivity contribution in [3.63, 3.8) is 0 Å². The number of hydrogen-bond donors (Lipinski definition) is 1. The van der Waals surface area contributed by atoms with Crippen molar-refractivity contribution in [1.82, 2.24) is 10.2 Å². The Morgan fingerprint density at radius 1 is 1.11 bits per heavy atom. The van der Waals surface area contributed by atoms with Gasteiger partial charge in [0.05, 0.1) is 11.1 Å². The molecule has 0 spiro atoms. The zero-order chi connectivity index (χ0) is 19.6. The molecule has 1 heterocycles. The van der Waals surface area contributed by atoms with Crippen LogP contribution in [-0.2, 0) is 14.3 Å². The number of nitrogens with zero attached hydrogens (tertiary/aromatic N) is 1. The fourth-order valence-electron chi connectivity index (χ4n) is 3.60. The van der Waals surface area contributed by atoms with E-state index in [1.165, 1.54) is 6.92 Å². The molecular formula is C20H24N2O5. The molecule has 3 rings (SSSR count). The van der Waals surface area contributed by atoms with Gasteiger partial charge < -0.3 is 10.1 Å². The second-order valence-corrected chi connectivity index (χ2v) is 7.33. The van der Waals surface area contributed by atoms with E-state index < -0.39 is 30.4 Å². The molecule has 1 saturated carbocycles. The molecule has 1 aliphatic heterocycles. The molecule has 1 atom stereocenters. The van der Waals surface area contributed by atoms with Crippen molar-refractivity contribution in [2.45, 2.75) is 51.6 Å². The number of rotatable bonds is 5. The van der Waals surface area contributed by atoms with Gasteiger partial charge in [-0.2, -0.15) is 0 Å². The Morgan fingerprint density at radius 3 is 2.22 bits per heavy atom. The van der Waals surface area contributed by atoms with Gasteiger partial charge in [-0.3, -0.25) is 19.3 Å². The lowest BCUT2D eigenvalue weighted by Gasteiger charge is -2.27. The summed E-state index contributed by atoms with van der Waals surface area (Å²) in [5, 5.41) is 2.87. The fourth-order valence-corrected chi connectivity index (χ4v) is 3.60. The topological polar surface area (TPSA) is 92.8 Å². The van der Waals surface area contributed by atoms with Crippen LogP contribution in [-0.4, -0.2) is 47.3 Å². The first-order valence-corrected chi connectivity index (χ1v) is 9.31. The van der Waals surface area contributed by atoms with Crippen molar-refractivity contribution in [3.8, 4) is 0 Å². The third kappa shape index (κ3) is 4.02. The van der Waals surface area contributed by atoms with Gasteiger partial charge in [0.15, 0.2) is 6.61 Å². The highest BCUT2D eigenvalue weighted by Gasteiger charge is 2.41. The van der Waals surface area contributed by atoms with Crippen LogP contribution in [0.2, 0.25) is 0 Å². The molecular weight excluding hydrogens is 348 g/mol. The summed E-state index contributed by atoms with van der Waals surface area (Å²) in [6.07, 6.45) is 3.99. The van der Waals surface area contributed by atoms with E-state index in [0.717, 1.165) is 30.6 Å². The maximum atomic E-state index is 12.4. The van der Waals surface area contributed by atoms with Crippen molar-refractivity contribution in [2.24, 2.45) is 5.92 Å². The monoisotopic (exact) mass is 372 g/mol. The molecule has 1 aromatic rings. The Hall–Kier alpha value is -2.70. The molecule has 7 nitrogen and oxygen atoms in total. The highest BCUT2D eigenvalue weighted by Crippen LogP contribution is 2.25.